The molecule has 0 saturated heterocycles. The molecule has 0 spiro atoms. The van der Waals surface area contributed by atoms with Crippen LogP contribution >= 0.6 is 11.6 Å². The lowest BCUT2D eigenvalue weighted by Gasteiger charge is -2.23. The molecule has 0 radical (unpaired) electrons. The number of sulfonamides is 1. The first-order valence-electron chi connectivity index (χ1n) is 8.99. The van der Waals surface area contributed by atoms with E-state index in [9.17, 15) is 8.42 Å². The number of benzene rings is 2. The van der Waals surface area contributed by atoms with Gasteiger partial charge in [0.05, 0.1) is 10.9 Å². The second kappa shape index (κ2) is 9.91. The van der Waals surface area contributed by atoms with Crippen molar-refractivity contribution in [1.29, 1.82) is 0 Å². The first-order chi connectivity index (χ1) is 12.5. The molecule has 0 bridgehead atoms. The van der Waals surface area contributed by atoms with Crippen LogP contribution in [0.5, 0.6) is 0 Å². The van der Waals surface area contributed by atoms with Gasteiger partial charge < -0.3 is 0 Å². The van der Waals surface area contributed by atoms with E-state index in [1.54, 1.807) is 12.1 Å². The Bertz CT molecular complexity index is 815. The van der Waals surface area contributed by atoms with Crippen molar-refractivity contribution in [1.82, 2.24) is 4.72 Å². The lowest BCUT2D eigenvalue weighted by molar-refractivity contribution is 0.566. The summed E-state index contributed by atoms with van der Waals surface area (Å²) in [4.78, 5) is 0.217. The fraction of sp³-hybridized carbons (Fsp3) is 0.333. The molecular weight excluding hydrogens is 366 g/mol. The van der Waals surface area contributed by atoms with Gasteiger partial charge in [0.2, 0.25) is 10.0 Å². The third-order valence-electron chi connectivity index (χ3n) is 4.13. The van der Waals surface area contributed by atoms with Crippen LogP contribution in [0.3, 0.4) is 0 Å². The molecule has 2 aromatic rings. The molecular formula is C21H26ClNO2S. The van der Waals surface area contributed by atoms with Gasteiger partial charge in [-0.25, -0.2) is 8.42 Å². The molecule has 0 aliphatic carbocycles. The van der Waals surface area contributed by atoms with Crippen LogP contribution in [0.25, 0.3) is 0 Å². The lowest BCUT2D eigenvalue weighted by atomic mass is 9.95. The fourth-order valence-corrected chi connectivity index (χ4v) is 4.18. The van der Waals surface area contributed by atoms with Gasteiger partial charge in [-0.1, -0.05) is 80.3 Å². The molecule has 5 heteroatoms. The second-order valence-corrected chi connectivity index (χ2v) is 8.39. The van der Waals surface area contributed by atoms with Gasteiger partial charge in [-0.2, -0.15) is 4.72 Å². The Balaban J connectivity index is 2.42. The molecule has 0 amide bonds. The normalized spacial score (nSPS) is 13.6. The summed E-state index contributed by atoms with van der Waals surface area (Å²) in [5, 5.41) is 0.512. The topological polar surface area (TPSA) is 46.2 Å². The molecule has 3 nitrogen and oxygen atoms in total. The van der Waals surface area contributed by atoms with Gasteiger partial charge in [-0.15, -0.1) is 0 Å². The van der Waals surface area contributed by atoms with Crippen molar-refractivity contribution in [2.45, 2.75) is 50.5 Å². The molecule has 0 fully saturated rings. The Hall–Kier alpha value is -1.62. The molecule has 0 aromatic heterocycles. The number of halogens is 1. The lowest BCUT2D eigenvalue weighted by Crippen LogP contribution is -2.30. The summed E-state index contributed by atoms with van der Waals surface area (Å²) in [6.07, 6.45) is 5.94. The summed E-state index contributed by atoms with van der Waals surface area (Å²) < 4.78 is 28.8. The van der Waals surface area contributed by atoms with Gasteiger partial charge in [-0.3, -0.25) is 0 Å². The summed E-state index contributed by atoms with van der Waals surface area (Å²) in [5.74, 6) is 0. The van der Waals surface area contributed by atoms with Crippen molar-refractivity contribution < 1.29 is 8.42 Å². The summed E-state index contributed by atoms with van der Waals surface area (Å²) in [6.45, 7) is 4.23. The van der Waals surface area contributed by atoms with E-state index in [1.807, 2.05) is 30.3 Å². The van der Waals surface area contributed by atoms with Crippen molar-refractivity contribution in [2.75, 3.05) is 0 Å². The Morgan fingerprint density at radius 3 is 2.27 bits per heavy atom. The summed E-state index contributed by atoms with van der Waals surface area (Å²) in [5.41, 5.74) is 2.05. The van der Waals surface area contributed by atoms with Crippen LogP contribution in [0.1, 0.15) is 51.1 Å². The van der Waals surface area contributed by atoms with Gasteiger partial charge in [0.25, 0.3) is 0 Å². The molecule has 2 rings (SSSR count). The molecule has 0 unspecified atom stereocenters. The number of hydrogen-bond acceptors (Lipinski definition) is 2. The standard InChI is InChI=1S/C21H26ClNO2S/c1-3-5-10-17(9-4-2)21(18-11-7-6-8-12-18)23-26(24,25)20-15-13-19(22)14-16-20/h6-8,10-16,21,23H,3-5,9H2,1-2H3/t21-/m1/s1. The van der Waals surface area contributed by atoms with E-state index in [2.05, 4.69) is 24.6 Å². The van der Waals surface area contributed by atoms with Crippen molar-refractivity contribution >= 4 is 21.6 Å². The van der Waals surface area contributed by atoms with Crippen molar-refractivity contribution in [3.63, 3.8) is 0 Å². The van der Waals surface area contributed by atoms with E-state index < -0.39 is 10.0 Å². The summed E-state index contributed by atoms with van der Waals surface area (Å²) in [7, 11) is -3.66. The molecule has 2 aromatic carbocycles. The van der Waals surface area contributed by atoms with Crippen molar-refractivity contribution in [3.8, 4) is 0 Å². The maximum Gasteiger partial charge on any atom is 0.241 e. The molecule has 0 saturated carbocycles. The third-order valence-corrected chi connectivity index (χ3v) is 5.83. The van der Waals surface area contributed by atoms with Crippen molar-refractivity contribution in [2.24, 2.45) is 0 Å². The number of hydrogen-bond donors (Lipinski definition) is 1. The quantitative estimate of drug-likeness (QED) is 0.542. The van der Waals surface area contributed by atoms with Crippen LogP contribution in [0, 0.1) is 0 Å². The molecule has 0 aliphatic rings. The van der Waals surface area contributed by atoms with Crippen LogP contribution in [0.15, 0.2) is 71.1 Å². The smallest absolute Gasteiger partial charge is 0.207 e. The fourth-order valence-electron chi connectivity index (χ4n) is 2.82. The molecule has 1 N–H and O–H groups in total. The maximum absolute atomic E-state index is 12.9. The summed E-state index contributed by atoms with van der Waals surface area (Å²) >= 11 is 5.89. The molecule has 26 heavy (non-hydrogen) atoms. The van der Waals surface area contributed by atoms with Crippen LogP contribution in [0.4, 0.5) is 0 Å². The highest BCUT2D eigenvalue weighted by Gasteiger charge is 2.24. The van der Waals surface area contributed by atoms with Gasteiger partial charge in [0, 0.05) is 5.02 Å². The van der Waals surface area contributed by atoms with Crippen LogP contribution in [-0.4, -0.2) is 8.42 Å². The number of rotatable bonds is 9. The SMILES string of the molecule is CCCC=C(CCC)[C@@H](NS(=O)(=O)c1ccc(Cl)cc1)c1ccccc1. The van der Waals surface area contributed by atoms with E-state index in [1.165, 1.54) is 12.1 Å². The Morgan fingerprint density at radius 1 is 1.04 bits per heavy atom. The number of unbranched alkanes of at least 4 members (excludes halogenated alkanes) is 1. The average molecular weight is 392 g/mol. The molecule has 0 heterocycles. The third kappa shape index (κ3) is 5.70. The van der Waals surface area contributed by atoms with Crippen LogP contribution in [-0.2, 0) is 10.0 Å². The van der Waals surface area contributed by atoms with Gasteiger partial charge in [0.15, 0.2) is 0 Å². The van der Waals surface area contributed by atoms with Gasteiger partial charge in [0.1, 0.15) is 0 Å². The summed E-state index contributed by atoms with van der Waals surface area (Å²) in [6, 6.07) is 15.6. The van der Waals surface area contributed by atoms with Crippen molar-refractivity contribution in [3.05, 3.63) is 76.8 Å². The second-order valence-electron chi connectivity index (χ2n) is 6.24. The average Bonchev–Trinajstić information content (AvgIpc) is 2.64. The van der Waals surface area contributed by atoms with Crippen LogP contribution in [0.2, 0.25) is 5.02 Å². The van der Waals surface area contributed by atoms with Crippen LogP contribution < -0.4 is 4.72 Å². The predicted molar refractivity (Wildman–Crippen MR) is 109 cm³/mol. The first kappa shape index (κ1) is 20.7. The minimum absolute atomic E-state index is 0.217. The zero-order chi connectivity index (χ0) is 19.0. The van der Waals surface area contributed by atoms with E-state index in [0.29, 0.717) is 5.02 Å². The highest BCUT2D eigenvalue weighted by atomic mass is 35.5. The Labute approximate surface area is 162 Å². The predicted octanol–water partition coefficient (Wildman–Crippen LogP) is 5.89. The first-order valence-corrected chi connectivity index (χ1v) is 10.9. The molecule has 140 valence electrons. The van der Waals surface area contributed by atoms with E-state index >= 15 is 0 Å². The maximum atomic E-state index is 12.9. The molecule has 0 aliphatic heterocycles. The highest BCUT2D eigenvalue weighted by Crippen LogP contribution is 2.28. The Kier molecular flexibility index (Phi) is 7.88. The van der Waals surface area contributed by atoms with E-state index in [-0.39, 0.29) is 10.9 Å². The zero-order valence-corrected chi connectivity index (χ0v) is 16.9. The van der Waals surface area contributed by atoms with E-state index in [4.69, 9.17) is 11.6 Å². The van der Waals surface area contributed by atoms with Gasteiger partial charge in [-0.05, 0) is 42.7 Å². The minimum atomic E-state index is -3.66. The largest absolute Gasteiger partial charge is 0.241 e. The van der Waals surface area contributed by atoms with E-state index in [0.717, 1.165) is 36.8 Å². The zero-order valence-electron chi connectivity index (χ0n) is 15.3. The van der Waals surface area contributed by atoms with Gasteiger partial charge >= 0.3 is 0 Å². The molecule has 1 atom stereocenters. The minimum Gasteiger partial charge on any atom is -0.207 e. The Morgan fingerprint density at radius 2 is 1.69 bits per heavy atom. The highest BCUT2D eigenvalue weighted by molar-refractivity contribution is 7.89. The number of allylic oxidation sites excluding steroid dienone is 1. The number of nitrogens with one attached hydrogen (secondary N) is 1. The monoisotopic (exact) mass is 391 g/mol.